The van der Waals surface area contributed by atoms with Crippen LogP contribution in [-0.4, -0.2) is 18.7 Å². The van der Waals surface area contributed by atoms with Gasteiger partial charge in [-0.1, -0.05) is 6.07 Å². The molecule has 2 rings (SSSR count). The van der Waals surface area contributed by atoms with Crippen molar-refractivity contribution in [3.8, 4) is 5.75 Å². The molecule has 0 saturated heterocycles. The summed E-state index contributed by atoms with van der Waals surface area (Å²) in [4.78, 5) is 11.8. The van der Waals surface area contributed by atoms with Gasteiger partial charge in [-0.15, -0.1) is 0 Å². The van der Waals surface area contributed by atoms with E-state index in [2.05, 4.69) is 10.1 Å². The lowest BCUT2D eigenvalue weighted by molar-refractivity contribution is -0.153. The van der Waals surface area contributed by atoms with Crippen LogP contribution in [0.4, 0.5) is 18.9 Å². The van der Waals surface area contributed by atoms with E-state index in [1.54, 1.807) is 0 Å². The molecule has 0 atom stereocenters. The predicted octanol–water partition coefficient (Wildman–Crippen LogP) is 4.13. The van der Waals surface area contributed by atoms with Gasteiger partial charge < -0.3 is 14.5 Å². The maximum Gasteiger partial charge on any atom is 0.422 e. The van der Waals surface area contributed by atoms with Crippen LogP contribution >= 0.6 is 11.6 Å². The molecule has 0 bridgehead atoms. The number of hydrogen-bond acceptors (Lipinski definition) is 3. The van der Waals surface area contributed by atoms with Crippen LogP contribution in [0.2, 0.25) is 5.22 Å². The average Bonchev–Trinajstić information content (AvgIpc) is 2.83. The number of ether oxygens (including phenoxy) is 1. The lowest BCUT2D eigenvalue weighted by atomic mass is 10.3. The minimum absolute atomic E-state index is 0.0115. The van der Waals surface area contributed by atoms with E-state index in [9.17, 15) is 18.0 Å². The van der Waals surface area contributed by atoms with Gasteiger partial charge in [-0.3, -0.25) is 4.79 Å². The number of anilines is 1. The first-order chi connectivity index (χ1) is 9.83. The summed E-state index contributed by atoms with van der Waals surface area (Å²) in [5, 5.41) is 2.51. The molecule has 1 N–H and O–H groups in total. The van der Waals surface area contributed by atoms with Crippen molar-refractivity contribution in [3.63, 3.8) is 0 Å². The van der Waals surface area contributed by atoms with Crippen molar-refractivity contribution in [2.24, 2.45) is 0 Å². The molecule has 0 radical (unpaired) electrons. The molecule has 0 aliphatic rings. The van der Waals surface area contributed by atoms with Crippen LogP contribution < -0.4 is 10.1 Å². The third-order valence-electron chi connectivity index (χ3n) is 2.29. The largest absolute Gasteiger partial charge is 0.484 e. The standard InChI is InChI=1S/C13H9ClF3NO3/c14-11-5-4-10(21-11)12(19)18-8-2-1-3-9(6-8)20-7-13(15,16)17/h1-6H,7H2,(H,18,19). The summed E-state index contributed by atoms with van der Waals surface area (Å²) in [6.07, 6.45) is -4.43. The van der Waals surface area contributed by atoms with Gasteiger partial charge in [0.1, 0.15) is 5.75 Å². The molecule has 1 amide bonds. The van der Waals surface area contributed by atoms with Crippen LogP contribution in [0.25, 0.3) is 0 Å². The number of halogens is 4. The fourth-order valence-electron chi connectivity index (χ4n) is 1.46. The number of carbonyl (C=O) groups excluding carboxylic acids is 1. The molecule has 21 heavy (non-hydrogen) atoms. The van der Waals surface area contributed by atoms with Crippen LogP contribution in [0.1, 0.15) is 10.6 Å². The van der Waals surface area contributed by atoms with E-state index in [0.29, 0.717) is 0 Å². The van der Waals surface area contributed by atoms with Gasteiger partial charge >= 0.3 is 6.18 Å². The monoisotopic (exact) mass is 319 g/mol. The van der Waals surface area contributed by atoms with Crippen molar-refractivity contribution < 1.29 is 27.1 Å². The van der Waals surface area contributed by atoms with E-state index in [0.717, 1.165) is 0 Å². The van der Waals surface area contributed by atoms with Gasteiger partial charge in [0, 0.05) is 11.8 Å². The molecule has 4 nitrogen and oxygen atoms in total. The number of amides is 1. The Morgan fingerprint density at radius 2 is 2.05 bits per heavy atom. The number of alkyl halides is 3. The molecule has 0 aliphatic carbocycles. The summed E-state index contributed by atoms with van der Waals surface area (Å²) >= 11 is 5.54. The SMILES string of the molecule is O=C(Nc1cccc(OCC(F)(F)F)c1)c1ccc(Cl)o1. The zero-order chi connectivity index (χ0) is 15.5. The molecule has 0 aliphatic heterocycles. The maximum atomic E-state index is 12.1. The van der Waals surface area contributed by atoms with Crippen LogP contribution in [0.3, 0.4) is 0 Å². The van der Waals surface area contributed by atoms with Gasteiger partial charge in [-0.25, -0.2) is 0 Å². The van der Waals surface area contributed by atoms with Gasteiger partial charge in [0.05, 0.1) is 0 Å². The number of carbonyl (C=O) groups is 1. The second kappa shape index (κ2) is 6.09. The number of furan rings is 1. The van der Waals surface area contributed by atoms with Gasteiger partial charge in [0.15, 0.2) is 17.6 Å². The normalized spacial score (nSPS) is 11.2. The summed E-state index contributed by atoms with van der Waals surface area (Å²) in [7, 11) is 0. The van der Waals surface area contributed by atoms with E-state index in [4.69, 9.17) is 16.0 Å². The molecule has 2 aromatic rings. The Hall–Kier alpha value is -2.15. The van der Waals surface area contributed by atoms with E-state index in [1.807, 2.05) is 0 Å². The molecule has 1 heterocycles. The lowest BCUT2D eigenvalue weighted by Crippen LogP contribution is -2.19. The van der Waals surface area contributed by atoms with E-state index in [1.165, 1.54) is 36.4 Å². The molecule has 0 spiro atoms. The van der Waals surface area contributed by atoms with Gasteiger partial charge in [0.2, 0.25) is 0 Å². The minimum Gasteiger partial charge on any atom is -0.484 e. The Kier molecular flexibility index (Phi) is 4.42. The zero-order valence-electron chi connectivity index (χ0n) is 10.4. The topological polar surface area (TPSA) is 51.5 Å². The second-order valence-corrected chi connectivity index (χ2v) is 4.36. The van der Waals surface area contributed by atoms with Crippen molar-refractivity contribution in [2.45, 2.75) is 6.18 Å². The molecule has 0 saturated carbocycles. The summed E-state index contributed by atoms with van der Waals surface area (Å²) < 4.78 is 45.7. The highest BCUT2D eigenvalue weighted by atomic mass is 35.5. The Morgan fingerprint density at radius 3 is 2.67 bits per heavy atom. The summed E-state index contributed by atoms with van der Waals surface area (Å²) in [5.74, 6) is -0.598. The molecule has 112 valence electrons. The molecular formula is C13H9ClF3NO3. The Morgan fingerprint density at radius 1 is 1.29 bits per heavy atom. The maximum absolute atomic E-state index is 12.1. The highest BCUT2D eigenvalue weighted by molar-refractivity contribution is 6.29. The first kappa shape index (κ1) is 15.2. The fourth-order valence-corrected chi connectivity index (χ4v) is 1.60. The molecule has 1 aromatic carbocycles. The third kappa shape index (κ3) is 4.71. The predicted molar refractivity (Wildman–Crippen MR) is 69.7 cm³/mol. The van der Waals surface area contributed by atoms with E-state index >= 15 is 0 Å². The molecular weight excluding hydrogens is 311 g/mol. The smallest absolute Gasteiger partial charge is 0.422 e. The zero-order valence-corrected chi connectivity index (χ0v) is 11.2. The molecule has 0 fully saturated rings. The fraction of sp³-hybridized carbons (Fsp3) is 0.154. The minimum atomic E-state index is -4.43. The Bertz CT molecular complexity index is 640. The van der Waals surface area contributed by atoms with Crippen molar-refractivity contribution in [1.29, 1.82) is 0 Å². The Balaban J connectivity index is 2.02. The van der Waals surface area contributed by atoms with Gasteiger partial charge in [-0.05, 0) is 35.9 Å². The van der Waals surface area contributed by atoms with Gasteiger partial charge in [0.25, 0.3) is 5.91 Å². The lowest BCUT2D eigenvalue weighted by Gasteiger charge is -2.10. The van der Waals surface area contributed by atoms with Crippen molar-refractivity contribution in [3.05, 3.63) is 47.4 Å². The number of hydrogen-bond donors (Lipinski definition) is 1. The van der Waals surface area contributed by atoms with Gasteiger partial charge in [-0.2, -0.15) is 13.2 Å². The summed E-state index contributed by atoms with van der Waals surface area (Å²) in [5.41, 5.74) is 0.271. The van der Waals surface area contributed by atoms with E-state index in [-0.39, 0.29) is 22.4 Å². The highest BCUT2D eigenvalue weighted by Crippen LogP contribution is 2.22. The van der Waals surface area contributed by atoms with Crippen molar-refractivity contribution >= 4 is 23.2 Å². The second-order valence-electron chi connectivity index (χ2n) is 3.99. The van der Waals surface area contributed by atoms with Crippen molar-refractivity contribution in [1.82, 2.24) is 0 Å². The van der Waals surface area contributed by atoms with E-state index < -0.39 is 18.7 Å². The summed E-state index contributed by atoms with van der Waals surface area (Å²) in [6.45, 7) is -1.40. The number of nitrogens with one attached hydrogen (secondary N) is 1. The molecule has 0 unspecified atom stereocenters. The number of benzene rings is 1. The van der Waals surface area contributed by atoms with Crippen LogP contribution in [0.5, 0.6) is 5.75 Å². The highest BCUT2D eigenvalue weighted by Gasteiger charge is 2.28. The number of rotatable bonds is 4. The molecule has 8 heteroatoms. The first-order valence-electron chi connectivity index (χ1n) is 5.70. The average molecular weight is 320 g/mol. The summed E-state index contributed by atoms with van der Waals surface area (Å²) in [6, 6.07) is 8.36. The third-order valence-corrected chi connectivity index (χ3v) is 2.49. The molecule has 1 aromatic heterocycles. The first-order valence-corrected chi connectivity index (χ1v) is 6.07. The Labute approximate surface area is 122 Å². The van der Waals surface area contributed by atoms with Crippen LogP contribution in [0, 0.1) is 0 Å². The van der Waals surface area contributed by atoms with Crippen molar-refractivity contribution in [2.75, 3.05) is 11.9 Å². The quantitative estimate of drug-likeness (QED) is 0.922. The van der Waals surface area contributed by atoms with Crippen LogP contribution in [-0.2, 0) is 0 Å². The van der Waals surface area contributed by atoms with Crippen LogP contribution in [0.15, 0.2) is 40.8 Å².